The Morgan fingerprint density at radius 1 is 1.08 bits per heavy atom. The summed E-state index contributed by atoms with van der Waals surface area (Å²) in [7, 11) is 0. The lowest BCUT2D eigenvalue weighted by Gasteiger charge is -2.01. The standard InChI is InChI=1S/C20H18N2OS/c1-13-18(15-10-6-3-7-11-15)21-20(24-13)22-19(23)17-12-16(17)14-8-4-2-5-9-14/h2-11,16-17H,12H2,1H3,(H,21,22,23)/t16-,17+/m0/s1. The van der Waals surface area contributed by atoms with Crippen LogP contribution in [0.25, 0.3) is 11.3 Å². The van der Waals surface area contributed by atoms with E-state index in [-0.39, 0.29) is 11.8 Å². The molecule has 1 aliphatic carbocycles. The number of aromatic nitrogens is 1. The van der Waals surface area contributed by atoms with E-state index in [2.05, 4.69) is 22.4 Å². The smallest absolute Gasteiger partial charge is 0.229 e. The molecule has 1 aliphatic rings. The number of benzene rings is 2. The van der Waals surface area contributed by atoms with E-state index in [1.54, 1.807) is 0 Å². The van der Waals surface area contributed by atoms with Crippen LogP contribution < -0.4 is 5.32 Å². The minimum absolute atomic E-state index is 0.0665. The van der Waals surface area contributed by atoms with Gasteiger partial charge >= 0.3 is 0 Å². The minimum Gasteiger partial charge on any atom is -0.302 e. The van der Waals surface area contributed by atoms with Crippen LogP contribution in [0.2, 0.25) is 0 Å². The monoisotopic (exact) mass is 334 g/mol. The van der Waals surface area contributed by atoms with Gasteiger partial charge in [-0.05, 0) is 24.8 Å². The molecule has 3 aromatic rings. The molecule has 0 aliphatic heterocycles. The summed E-state index contributed by atoms with van der Waals surface area (Å²) in [5.74, 6) is 0.495. The third kappa shape index (κ3) is 2.97. The number of thiazole rings is 1. The average Bonchev–Trinajstić information content (AvgIpc) is 3.34. The van der Waals surface area contributed by atoms with Crippen molar-refractivity contribution in [2.24, 2.45) is 5.92 Å². The third-order valence-corrected chi connectivity index (χ3v) is 5.32. The third-order valence-electron chi connectivity index (χ3n) is 4.43. The lowest BCUT2D eigenvalue weighted by atomic mass is 10.1. The average molecular weight is 334 g/mol. The van der Waals surface area contributed by atoms with Gasteiger partial charge < -0.3 is 5.32 Å². The predicted molar refractivity (Wildman–Crippen MR) is 98.2 cm³/mol. The Labute approximate surface area is 145 Å². The van der Waals surface area contributed by atoms with Crippen LogP contribution in [0.4, 0.5) is 5.13 Å². The summed E-state index contributed by atoms with van der Waals surface area (Å²) in [6.07, 6.45) is 0.922. The van der Waals surface area contributed by atoms with Gasteiger partial charge in [0.1, 0.15) is 0 Å². The van der Waals surface area contributed by atoms with Crippen molar-refractivity contribution in [2.45, 2.75) is 19.3 Å². The molecule has 1 N–H and O–H groups in total. The van der Waals surface area contributed by atoms with E-state index in [0.29, 0.717) is 11.0 Å². The van der Waals surface area contributed by atoms with Crippen molar-refractivity contribution in [1.29, 1.82) is 0 Å². The van der Waals surface area contributed by atoms with Crippen molar-refractivity contribution >= 4 is 22.4 Å². The van der Waals surface area contributed by atoms with Crippen LogP contribution in [0.15, 0.2) is 60.7 Å². The van der Waals surface area contributed by atoms with Crippen LogP contribution >= 0.6 is 11.3 Å². The molecule has 1 aromatic heterocycles. The predicted octanol–water partition coefficient (Wildman–Crippen LogP) is 4.86. The van der Waals surface area contributed by atoms with Crippen LogP contribution in [-0.4, -0.2) is 10.9 Å². The van der Waals surface area contributed by atoms with E-state index in [9.17, 15) is 4.79 Å². The minimum atomic E-state index is 0.0665. The molecule has 1 amide bonds. The summed E-state index contributed by atoms with van der Waals surface area (Å²) >= 11 is 1.54. The van der Waals surface area contributed by atoms with Crippen LogP contribution in [0.3, 0.4) is 0 Å². The highest BCUT2D eigenvalue weighted by molar-refractivity contribution is 7.16. The number of hydrogen-bond acceptors (Lipinski definition) is 3. The van der Waals surface area contributed by atoms with Crippen molar-refractivity contribution in [1.82, 2.24) is 4.98 Å². The molecule has 4 heteroatoms. The van der Waals surface area contributed by atoms with E-state index in [1.807, 2.05) is 55.5 Å². The number of anilines is 1. The number of nitrogens with zero attached hydrogens (tertiary/aromatic N) is 1. The number of rotatable bonds is 4. The molecule has 0 spiro atoms. The number of aryl methyl sites for hydroxylation is 1. The van der Waals surface area contributed by atoms with Gasteiger partial charge in [-0.3, -0.25) is 4.79 Å². The summed E-state index contributed by atoms with van der Waals surface area (Å²) in [6, 6.07) is 20.3. The largest absolute Gasteiger partial charge is 0.302 e. The van der Waals surface area contributed by atoms with Gasteiger partial charge in [-0.2, -0.15) is 0 Å². The van der Waals surface area contributed by atoms with E-state index >= 15 is 0 Å². The van der Waals surface area contributed by atoms with Crippen LogP contribution in [0.1, 0.15) is 22.8 Å². The van der Waals surface area contributed by atoms with Gasteiger partial charge in [0.15, 0.2) is 5.13 Å². The maximum atomic E-state index is 12.5. The quantitative estimate of drug-likeness (QED) is 0.740. The molecule has 1 heterocycles. The van der Waals surface area contributed by atoms with Crippen molar-refractivity contribution in [3.05, 3.63) is 71.1 Å². The second-order valence-electron chi connectivity index (χ2n) is 6.14. The lowest BCUT2D eigenvalue weighted by Crippen LogP contribution is -2.14. The number of carbonyl (C=O) groups excluding carboxylic acids is 1. The Hall–Kier alpha value is -2.46. The molecule has 0 bridgehead atoms. The first kappa shape index (κ1) is 15.1. The molecule has 1 saturated carbocycles. The van der Waals surface area contributed by atoms with E-state index in [4.69, 9.17) is 0 Å². The van der Waals surface area contributed by atoms with Gasteiger partial charge in [0.2, 0.25) is 5.91 Å². The first-order chi connectivity index (χ1) is 11.7. The fraction of sp³-hybridized carbons (Fsp3) is 0.200. The van der Waals surface area contributed by atoms with Crippen LogP contribution in [0, 0.1) is 12.8 Å². The van der Waals surface area contributed by atoms with Gasteiger partial charge in [-0.25, -0.2) is 4.98 Å². The van der Waals surface area contributed by atoms with Gasteiger partial charge in [0, 0.05) is 16.4 Å². The molecule has 2 atom stereocenters. The second kappa shape index (κ2) is 6.21. The highest BCUT2D eigenvalue weighted by atomic mass is 32.1. The summed E-state index contributed by atoms with van der Waals surface area (Å²) in [6.45, 7) is 2.04. The van der Waals surface area contributed by atoms with E-state index in [0.717, 1.165) is 22.6 Å². The highest BCUT2D eigenvalue weighted by Gasteiger charge is 2.44. The summed E-state index contributed by atoms with van der Waals surface area (Å²) in [5, 5.41) is 3.69. The molecule has 2 aromatic carbocycles. The van der Waals surface area contributed by atoms with Gasteiger partial charge in [0.25, 0.3) is 0 Å². The van der Waals surface area contributed by atoms with Crippen LogP contribution in [-0.2, 0) is 4.79 Å². The summed E-state index contributed by atoms with van der Waals surface area (Å²) < 4.78 is 0. The zero-order chi connectivity index (χ0) is 16.5. The lowest BCUT2D eigenvalue weighted by molar-refractivity contribution is -0.117. The Bertz CT molecular complexity index is 858. The molecule has 0 unspecified atom stereocenters. The molecule has 1 fully saturated rings. The fourth-order valence-electron chi connectivity index (χ4n) is 3.07. The summed E-state index contributed by atoms with van der Waals surface area (Å²) in [5.41, 5.74) is 3.28. The SMILES string of the molecule is Cc1sc(NC(=O)[C@@H]2C[C@H]2c2ccccc2)nc1-c1ccccc1. The molecule has 24 heavy (non-hydrogen) atoms. The Kier molecular flexibility index (Phi) is 3.90. The van der Waals surface area contributed by atoms with Crippen LogP contribution in [0.5, 0.6) is 0 Å². The number of nitrogens with one attached hydrogen (secondary N) is 1. The van der Waals surface area contributed by atoms with E-state index < -0.39 is 0 Å². The van der Waals surface area contributed by atoms with E-state index in [1.165, 1.54) is 16.9 Å². The maximum absolute atomic E-state index is 12.5. The molecule has 120 valence electrons. The Balaban J connectivity index is 1.46. The first-order valence-corrected chi connectivity index (χ1v) is 8.92. The molecule has 0 radical (unpaired) electrons. The van der Waals surface area contributed by atoms with Gasteiger partial charge in [-0.1, -0.05) is 60.7 Å². The summed E-state index contributed by atoms with van der Waals surface area (Å²) in [4.78, 5) is 18.2. The zero-order valence-electron chi connectivity index (χ0n) is 13.4. The van der Waals surface area contributed by atoms with Crippen molar-refractivity contribution in [3.63, 3.8) is 0 Å². The molecule has 4 rings (SSSR count). The van der Waals surface area contributed by atoms with Gasteiger partial charge in [0.05, 0.1) is 5.69 Å². The second-order valence-corrected chi connectivity index (χ2v) is 7.34. The van der Waals surface area contributed by atoms with Gasteiger partial charge in [-0.15, -0.1) is 11.3 Å². The molecular weight excluding hydrogens is 316 g/mol. The number of hydrogen-bond donors (Lipinski definition) is 1. The van der Waals surface area contributed by atoms with Crippen molar-refractivity contribution < 1.29 is 4.79 Å². The maximum Gasteiger partial charge on any atom is 0.229 e. The van der Waals surface area contributed by atoms with Crippen molar-refractivity contribution in [3.8, 4) is 11.3 Å². The fourth-order valence-corrected chi connectivity index (χ4v) is 3.90. The Morgan fingerprint density at radius 3 is 2.46 bits per heavy atom. The number of amides is 1. The highest BCUT2D eigenvalue weighted by Crippen LogP contribution is 2.48. The zero-order valence-corrected chi connectivity index (χ0v) is 14.2. The topological polar surface area (TPSA) is 42.0 Å². The molecule has 0 saturated heterocycles. The number of carbonyl (C=O) groups is 1. The van der Waals surface area contributed by atoms with Crippen molar-refractivity contribution in [2.75, 3.05) is 5.32 Å². The molecule has 3 nitrogen and oxygen atoms in total. The molecular formula is C20H18N2OS. The first-order valence-electron chi connectivity index (χ1n) is 8.11. The normalized spacial score (nSPS) is 19.0. The Morgan fingerprint density at radius 2 is 1.75 bits per heavy atom.